The van der Waals surface area contributed by atoms with Crippen molar-refractivity contribution in [1.82, 2.24) is 5.32 Å². The first-order valence-corrected chi connectivity index (χ1v) is 7.44. The molecule has 20 heavy (non-hydrogen) atoms. The maximum Gasteiger partial charge on any atom is 0.330 e. The molecule has 1 N–H and O–H groups in total. The number of rotatable bonds is 6. The minimum atomic E-state index is -0.984. The van der Waals surface area contributed by atoms with E-state index in [1.807, 2.05) is 0 Å². The Kier molecular flexibility index (Phi) is 6.31. The molecule has 0 aliphatic rings. The minimum absolute atomic E-state index is 0.322. The van der Waals surface area contributed by atoms with Crippen LogP contribution >= 0.6 is 23.2 Å². The second-order valence-corrected chi connectivity index (χ2v) is 6.09. The molecule has 0 aliphatic heterocycles. The lowest BCUT2D eigenvalue weighted by Crippen LogP contribution is -2.49. The SMILES string of the molecule is CCOC(=O)C(C)(NCC(C)C)c1ccc(Cl)cc1Cl. The standard InChI is InChI=1S/C15H21Cl2NO2/c1-5-20-14(19)15(4,18-9-10(2)3)12-7-6-11(16)8-13(12)17/h6-8,10,18H,5,9H2,1-4H3. The van der Waals surface area contributed by atoms with Gasteiger partial charge in [-0.2, -0.15) is 0 Å². The summed E-state index contributed by atoms with van der Waals surface area (Å²) in [7, 11) is 0. The van der Waals surface area contributed by atoms with Gasteiger partial charge in [-0.15, -0.1) is 0 Å². The molecule has 5 heteroatoms. The van der Waals surface area contributed by atoms with Crippen molar-refractivity contribution in [2.24, 2.45) is 5.92 Å². The Balaban J connectivity index is 3.17. The number of nitrogens with one attached hydrogen (secondary N) is 1. The van der Waals surface area contributed by atoms with Crippen molar-refractivity contribution < 1.29 is 9.53 Å². The number of esters is 1. The van der Waals surface area contributed by atoms with E-state index < -0.39 is 5.54 Å². The molecule has 0 aliphatic carbocycles. The van der Waals surface area contributed by atoms with Gasteiger partial charge in [-0.25, -0.2) is 4.79 Å². The lowest BCUT2D eigenvalue weighted by Gasteiger charge is -2.30. The molecule has 0 saturated heterocycles. The first kappa shape index (κ1) is 17.3. The van der Waals surface area contributed by atoms with E-state index in [-0.39, 0.29) is 5.97 Å². The van der Waals surface area contributed by atoms with Crippen LogP contribution in [0.25, 0.3) is 0 Å². The van der Waals surface area contributed by atoms with Crippen LogP contribution in [0.4, 0.5) is 0 Å². The van der Waals surface area contributed by atoms with Crippen LogP contribution in [0, 0.1) is 5.92 Å². The zero-order chi connectivity index (χ0) is 15.3. The molecule has 0 amide bonds. The molecule has 3 nitrogen and oxygen atoms in total. The molecular formula is C15H21Cl2NO2. The highest BCUT2D eigenvalue weighted by Gasteiger charge is 2.38. The number of carbonyl (C=O) groups excluding carboxylic acids is 1. The van der Waals surface area contributed by atoms with Crippen LogP contribution in [0.15, 0.2) is 18.2 Å². The summed E-state index contributed by atoms with van der Waals surface area (Å²) in [6.45, 7) is 8.70. The Hall–Kier alpha value is -0.770. The van der Waals surface area contributed by atoms with Crippen LogP contribution in [0.3, 0.4) is 0 Å². The van der Waals surface area contributed by atoms with Gasteiger partial charge in [0.05, 0.1) is 6.61 Å². The first-order chi connectivity index (χ1) is 9.31. The Morgan fingerprint density at radius 1 is 1.40 bits per heavy atom. The van der Waals surface area contributed by atoms with E-state index in [9.17, 15) is 4.79 Å². The molecule has 0 fully saturated rings. The second kappa shape index (κ2) is 7.30. The molecule has 1 aromatic carbocycles. The normalized spacial score (nSPS) is 14.2. The fourth-order valence-electron chi connectivity index (χ4n) is 1.86. The third kappa shape index (κ3) is 4.11. The van der Waals surface area contributed by atoms with Crippen molar-refractivity contribution in [3.05, 3.63) is 33.8 Å². The van der Waals surface area contributed by atoms with Gasteiger partial charge in [0.1, 0.15) is 5.54 Å². The maximum atomic E-state index is 12.3. The Bertz CT molecular complexity index is 477. The molecular weight excluding hydrogens is 297 g/mol. The number of ether oxygens (including phenoxy) is 1. The van der Waals surface area contributed by atoms with E-state index >= 15 is 0 Å². The summed E-state index contributed by atoms with van der Waals surface area (Å²) >= 11 is 12.2. The lowest BCUT2D eigenvalue weighted by atomic mass is 9.91. The number of hydrogen-bond acceptors (Lipinski definition) is 3. The largest absolute Gasteiger partial charge is 0.464 e. The number of carbonyl (C=O) groups is 1. The third-order valence-electron chi connectivity index (χ3n) is 3.02. The van der Waals surface area contributed by atoms with Gasteiger partial charge in [-0.3, -0.25) is 5.32 Å². The van der Waals surface area contributed by atoms with Gasteiger partial charge in [0.25, 0.3) is 0 Å². The van der Waals surface area contributed by atoms with Gasteiger partial charge in [-0.1, -0.05) is 43.1 Å². The number of hydrogen-bond donors (Lipinski definition) is 1. The highest BCUT2D eigenvalue weighted by molar-refractivity contribution is 6.35. The Morgan fingerprint density at radius 3 is 2.55 bits per heavy atom. The van der Waals surface area contributed by atoms with Crippen LogP contribution in [-0.2, 0) is 15.1 Å². The summed E-state index contributed by atoms with van der Waals surface area (Å²) in [6, 6.07) is 5.11. The van der Waals surface area contributed by atoms with E-state index in [2.05, 4.69) is 19.2 Å². The van der Waals surface area contributed by atoms with E-state index in [1.165, 1.54) is 0 Å². The predicted molar refractivity (Wildman–Crippen MR) is 83.3 cm³/mol. The highest BCUT2D eigenvalue weighted by Crippen LogP contribution is 2.31. The van der Waals surface area contributed by atoms with Crippen LogP contribution in [-0.4, -0.2) is 19.1 Å². The predicted octanol–water partition coefficient (Wildman–Crippen LogP) is 4.02. The van der Waals surface area contributed by atoms with Crippen LogP contribution in [0.1, 0.15) is 33.3 Å². The zero-order valence-electron chi connectivity index (χ0n) is 12.3. The summed E-state index contributed by atoms with van der Waals surface area (Å²) in [4.78, 5) is 12.3. The molecule has 112 valence electrons. The van der Waals surface area contributed by atoms with Crippen molar-refractivity contribution in [2.75, 3.05) is 13.2 Å². The van der Waals surface area contributed by atoms with Crippen LogP contribution in [0.2, 0.25) is 10.0 Å². The molecule has 1 unspecified atom stereocenters. The molecule has 1 atom stereocenters. The average Bonchev–Trinajstić information content (AvgIpc) is 2.36. The van der Waals surface area contributed by atoms with E-state index in [0.717, 1.165) is 0 Å². The fraction of sp³-hybridized carbons (Fsp3) is 0.533. The fourth-order valence-corrected chi connectivity index (χ4v) is 2.45. The van der Waals surface area contributed by atoms with E-state index in [4.69, 9.17) is 27.9 Å². The molecule has 0 bridgehead atoms. The summed E-state index contributed by atoms with van der Waals surface area (Å²) in [5, 5.41) is 4.24. The summed E-state index contributed by atoms with van der Waals surface area (Å²) in [6.07, 6.45) is 0. The highest BCUT2D eigenvalue weighted by atomic mass is 35.5. The maximum absolute atomic E-state index is 12.3. The summed E-state index contributed by atoms with van der Waals surface area (Å²) < 4.78 is 5.19. The van der Waals surface area contributed by atoms with Crippen molar-refractivity contribution in [1.29, 1.82) is 0 Å². The molecule has 1 aromatic rings. The molecule has 1 rings (SSSR count). The lowest BCUT2D eigenvalue weighted by molar-refractivity contribution is -0.151. The molecule has 0 saturated carbocycles. The molecule has 0 aromatic heterocycles. The van der Waals surface area contributed by atoms with Gasteiger partial charge in [0.15, 0.2) is 0 Å². The summed E-state index contributed by atoms with van der Waals surface area (Å²) in [5.41, 5.74) is -0.315. The molecule has 0 spiro atoms. The monoisotopic (exact) mass is 317 g/mol. The molecule has 0 radical (unpaired) electrons. The average molecular weight is 318 g/mol. The van der Waals surface area contributed by atoms with Crippen LogP contribution in [0.5, 0.6) is 0 Å². The summed E-state index contributed by atoms with van der Waals surface area (Å²) in [5.74, 6) is 0.0553. The van der Waals surface area contributed by atoms with Gasteiger partial charge in [-0.05, 0) is 38.4 Å². The van der Waals surface area contributed by atoms with Crippen LogP contribution < -0.4 is 5.32 Å². The zero-order valence-corrected chi connectivity index (χ0v) is 13.8. The van der Waals surface area contributed by atoms with Crippen molar-refractivity contribution >= 4 is 29.2 Å². The number of benzene rings is 1. The smallest absolute Gasteiger partial charge is 0.330 e. The molecule has 0 heterocycles. The van der Waals surface area contributed by atoms with Gasteiger partial charge < -0.3 is 4.74 Å². The van der Waals surface area contributed by atoms with E-state index in [1.54, 1.807) is 32.0 Å². The van der Waals surface area contributed by atoms with E-state index in [0.29, 0.717) is 34.7 Å². The first-order valence-electron chi connectivity index (χ1n) is 6.69. The van der Waals surface area contributed by atoms with Gasteiger partial charge in [0.2, 0.25) is 0 Å². The van der Waals surface area contributed by atoms with Crippen molar-refractivity contribution in [2.45, 2.75) is 33.2 Å². The van der Waals surface area contributed by atoms with Gasteiger partial charge in [0, 0.05) is 15.6 Å². The Morgan fingerprint density at radius 2 is 2.05 bits per heavy atom. The topological polar surface area (TPSA) is 38.3 Å². The van der Waals surface area contributed by atoms with Crippen molar-refractivity contribution in [3.63, 3.8) is 0 Å². The van der Waals surface area contributed by atoms with Gasteiger partial charge >= 0.3 is 5.97 Å². The second-order valence-electron chi connectivity index (χ2n) is 5.24. The quantitative estimate of drug-likeness (QED) is 0.805. The Labute approximate surface area is 130 Å². The minimum Gasteiger partial charge on any atom is -0.464 e. The number of halogens is 2. The third-order valence-corrected chi connectivity index (χ3v) is 3.57. The van der Waals surface area contributed by atoms with Crippen molar-refractivity contribution in [3.8, 4) is 0 Å².